The van der Waals surface area contributed by atoms with Crippen LogP contribution in [-0.4, -0.2) is 16.2 Å². The standard InChI is InChI=1S/C13H9BrN2O3/c14-10-4-5-13(17)9(6-10)8-15-11-2-1-3-12(7-11)16(18)19/h1-8,17H. The highest BCUT2D eigenvalue weighted by Gasteiger charge is 2.04. The maximum absolute atomic E-state index is 10.6. The van der Waals surface area contributed by atoms with E-state index >= 15 is 0 Å². The molecule has 0 saturated carbocycles. The van der Waals surface area contributed by atoms with Crippen LogP contribution < -0.4 is 0 Å². The van der Waals surface area contributed by atoms with Gasteiger partial charge in [-0.25, -0.2) is 0 Å². The molecular weight excluding hydrogens is 312 g/mol. The zero-order valence-electron chi connectivity index (χ0n) is 9.65. The highest BCUT2D eigenvalue weighted by molar-refractivity contribution is 9.10. The molecule has 6 heteroatoms. The van der Waals surface area contributed by atoms with Gasteiger partial charge in [-0.3, -0.25) is 15.1 Å². The average molecular weight is 321 g/mol. The number of benzene rings is 2. The summed E-state index contributed by atoms with van der Waals surface area (Å²) in [5.74, 6) is 0.0948. The SMILES string of the molecule is O=[N+]([O-])c1cccc(N=Cc2cc(Br)ccc2O)c1. The van der Waals surface area contributed by atoms with Crippen molar-refractivity contribution in [3.05, 3.63) is 62.6 Å². The third kappa shape index (κ3) is 3.38. The van der Waals surface area contributed by atoms with Crippen LogP contribution in [0.2, 0.25) is 0 Å². The van der Waals surface area contributed by atoms with Gasteiger partial charge in [0.2, 0.25) is 0 Å². The van der Waals surface area contributed by atoms with Crippen molar-refractivity contribution < 1.29 is 10.0 Å². The Balaban J connectivity index is 2.30. The molecule has 0 radical (unpaired) electrons. The Morgan fingerprint density at radius 1 is 1.26 bits per heavy atom. The van der Waals surface area contributed by atoms with E-state index < -0.39 is 4.92 Å². The molecule has 0 aromatic heterocycles. The highest BCUT2D eigenvalue weighted by atomic mass is 79.9. The topological polar surface area (TPSA) is 75.7 Å². The fraction of sp³-hybridized carbons (Fsp3) is 0. The molecule has 0 aliphatic carbocycles. The van der Waals surface area contributed by atoms with Gasteiger partial charge in [-0.15, -0.1) is 0 Å². The van der Waals surface area contributed by atoms with Crippen LogP contribution in [0.3, 0.4) is 0 Å². The number of non-ortho nitro benzene ring substituents is 1. The van der Waals surface area contributed by atoms with Gasteiger partial charge >= 0.3 is 0 Å². The molecule has 0 spiro atoms. The van der Waals surface area contributed by atoms with Crippen molar-refractivity contribution in [1.82, 2.24) is 0 Å². The van der Waals surface area contributed by atoms with E-state index in [2.05, 4.69) is 20.9 Å². The second-order valence-electron chi connectivity index (χ2n) is 3.74. The van der Waals surface area contributed by atoms with Crippen molar-refractivity contribution in [1.29, 1.82) is 0 Å². The van der Waals surface area contributed by atoms with Crippen LogP contribution in [0.5, 0.6) is 5.75 Å². The average Bonchev–Trinajstić information content (AvgIpc) is 2.40. The minimum absolute atomic E-state index is 0.0203. The van der Waals surface area contributed by atoms with Crippen molar-refractivity contribution in [2.75, 3.05) is 0 Å². The van der Waals surface area contributed by atoms with Gasteiger partial charge in [0.15, 0.2) is 0 Å². The molecule has 2 aromatic carbocycles. The lowest BCUT2D eigenvalue weighted by Crippen LogP contribution is -1.86. The Morgan fingerprint density at radius 2 is 2.05 bits per heavy atom. The number of hydrogen-bond acceptors (Lipinski definition) is 4. The normalized spacial score (nSPS) is 10.8. The molecule has 2 aromatic rings. The van der Waals surface area contributed by atoms with Crippen LogP contribution in [0.15, 0.2) is 51.9 Å². The summed E-state index contributed by atoms with van der Waals surface area (Å²) in [7, 11) is 0. The third-order valence-corrected chi connectivity index (χ3v) is 2.88. The van der Waals surface area contributed by atoms with E-state index in [4.69, 9.17) is 0 Å². The molecule has 0 amide bonds. The molecule has 0 aliphatic heterocycles. The first kappa shape index (κ1) is 13.2. The predicted octanol–water partition coefficient (Wildman–Crippen LogP) is 3.81. The third-order valence-electron chi connectivity index (χ3n) is 2.38. The first-order chi connectivity index (χ1) is 9.06. The molecule has 5 nitrogen and oxygen atoms in total. The molecule has 1 N–H and O–H groups in total. The zero-order chi connectivity index (χ0) is 13.8. The minimum atomic E-state index is -0.477. The Bertz CT molecular complexity index is 656. The lowest BCUT2D eigenvalue weighted by Gasteiger charge is -1.99. The van der Waals surface area contributed by atoms with E-state index in [-0.39, 0.29) is 11.4 Å². The molecule has 96 valence electrons. The van der Waals surface area contributed by atoms with Gasteiger partial charge in [0.1, 0.15) is 5.75 Å². The number of aromatic hydroxyl groups is 1. The van der Waals surface area contributed by atoms with Crippen molar-refractivity contribution in [2.24, 2.45) is 4.99 Å². The fourth-order valence-electron chi connectivity index (χ4n) is 1.46. The summed E-state index contributed by atoms with van der Waals surface area (Å²) >= 11 is 3.29. The van der Waals surface area contributed by atoms with Crippen LogP contribution in [0.4, 0.5) is 11.4 Å². The molecule has 0 unspecified atom stereocenters. The predicted molar refractivity (Wildman–Crippen MR) is 76.2 cm³/mol. The zero-order valence-corrected chi connectivity index (χ0v) is 11.2. The summed E-state index contributed by atoms with van der Waals surface area (Å²) in [6, 6.07) is 10.9. The van der Waals surface area contributed by atoms with E-state index in [9.17, 15) is 15.2 Å². The summed E-state index contributed by atoms with van der Waals surface area (Å²) in [5, 5.41) is 20.3. The Hall–Kier alpha value is -2.21. The van der Waals surface area contributed by atoms with Gasteiger partial charge in [0, 0.05) is 28.4 Å². The molecule has 0 aliphatic rings. The smallest absolute Gasteiger partial charge is 0.271 e. The molecule has 0 atom stereocenters. The van der Waals surface area contributed by atoms with Gasteiger partial charge in [-0.05, 0) is 24.3 Å². The number of halogens is 1. The number of hydrogen-bond donors (Lipinski definition) is 1. The molecule has 0 heterocycles. The van der Waals surface area contributed by atoms with Crippen molar-refractivity contribution in [3.63, 3.8) is 0 Å². The van der Waals surface area contributed by atoms with Gasteiger partial charge in [-0.2, -0.15) is 0 Å². The first-order valence-corrected chi connectivity index (χ1v) is 6.12. The van der Waals surface area contributed by atoms with E-state index in [1.807, 2.05) is 0 Å². The van der Waals surface area contributed by atoms with E-state index in [0.717, 1.165) is 4.47 Å². The second kappa shape index (κ2) is 5.62. The molecule has 0 fully saturated rings. The number of rotatable bonds is 3. The van der Waals surface area contributed by atoms with Gasteiger partial charge in [0.05, 0.1) is 10.6 Å². The van der Waals surface area contributed by atoms with Gasteiger partial charge in [-0.1, -0.05) is 22.0 Å². The van der Waals surface area contributed by atoms with Crippen LogP contribution in [-0.2, 0) is 0 Å². The lowest BCUT2D eigenvalue weighted by atomic mass is 10.2. The van der Waals surface area contributed by atoms with E-state index in [1.165, 1.54) is 18.3 Å². The Labute approximate surface area is 117 Å². The summed E-state index contributed by atoms with van der Waals surface area (Å²) in [6.07, 6.45) is 1.46. The van der Waals surface area contributed by atoms with Crippen molar-refractivity contribution in [3.8, 4) is 5.75 Å². The summed E-state index contributed by atoms with van der Waals surface area (Å²) in [4.78, 5) is 14.3. The van der Waals surface area contributed by atoms with Gasteiger partial charge in [0.25, 0.3) is 5.69 Å². The van der Waals surface area contributed by atoms with Crippen LogP contribution >= 0.6 is 15.9 Å². The molecule has 19 heavy (non-hydrogen) atoms. The number of nitro benzene ring substituents is 1. The van der Waals surface area contributed by atoms with E-state index in [1.54, 1.807) is 30.3 Å². The van der Waals surface area contributed by atoms with Crippen LogP contribution in [0.25, 0.3) is 0 Å². The van der Waals surface area contributed by atoms with Crippen molar-refractivity contribution >= 4 is 33.5 Å². The maximum Gasteiger partial charge on any atom is 0.271 e. The quantitative estimate of drug-likeness (QED) is 0.530. The number of nitrogens with zero attached hydrogens (tertiary/aromatic N) is 2. The maximum atomic E-state index is 10.6. The summed E-state index contributed by atoms with van der Waals surface area (Å²) in [6.45, 7) is 0. The minimum Gasteiger partial charge on any atom is -0.507 e. The molecular formula is C13H9BrN2O3. The Morgan fingerprint density at radius 3 is 2.79 bits per heavy atom. The van der Waals surface area contributed by atoms with E-state index in [0.29, 0.717) is 11.3 Å². The summed E-state index contributed by atoms with van der Waals surface area (Å²) in [5.41, 5.74) is 0.961. The van der Waals surface area contributed by atoms with Gasteiger partial charge < -0.3 is 5.11 Å². The molecule has 0 saturated heterocycles. The Kier molecular flexibility index (Phi) is 3.91. The highest BCUT2D eigenvalue weighted by Crippen LogP contribution is 2.23. The van der Waals surface area contributed by atoms with Crippen LogP contribution in [0, 0.1) is 10.1 Å². The largest absolute Gasteiger partial charge is 0.507 e. The lowest BCUT2D eigenvalue weighted by molar-refractivity contribution is -0.384. The second-order valence-corrected chi connectivity index (χ2v) is 4.65. The number of phenolic OH excluding ortho intramolecular Hbond substituents is 1. The van der Waals surface area contributed by atoms with Crippen LogP contribution in [0.1, 0.15) is 5.56 Å². The molecule has 2 rings (SSSR count). The monoisotopic (exact) mass is 320 g/mol. The summed E-state index contributed by atoms with van der Waals surface area (Å²) < 4.78 is 0.811. The number of nitro groups is 1. The van der Waals surface area contributed by atoms with Crippen molar-refractivity contribution in [2.45, 2.75) is 0 Å². The molecule has 0 bridgehead atoms. The number of phenols is 1. The fourth-order valence-corrected chi connectivity index (χ4v) is 1.84. The first-order valence-electron chi connectivity index (χ1n) is 5.33. The number of aliphatic imine (C=N–C) groups is 1.